The lowest BCUT2D eigenvalue weighted by molar-refractivity contribution is -0.105. The summed E-state index contributed by atoms with van der Waals surface area (Å²) in [5.41, 5.74) is 3.33. The Morgan fingerprint density at radius 3 is 1.81 bits per heavy atom. The first-order valence-electron chi connectivity index (χ1n) is 7.22. The largest absolute Gasteiger partial charge is 0.368 e. The van der Waals surface area contributed by atoms with Gasteiger partial charge in [-0.05, 0) is 36.4 Å². The number of nitrogens with one attached hydrogen (secondary N) is 1. The van der Waals surface area contributed by atoms with E-state index in [1.54, 1.807) is 0 Å². The maximum absolute atomic E-state index is 10.4. The molecule has 0 atom stereocenters. The van der Waals surface area contributed by atoms with Gasteiger partial charge in [0.25, 0.3) is 0 Å². The number of rotatable bonds is 4. The third kappa shape index (κ3) is 3.16. The minimum atomic E-state index is 0.702. The average molecular weight is 281 g/mol. The summed E-state index contributed by atoms with van der Waals surface area (Å²) in [7, 11) is 0. The number of para-hydroxylation sites is 1. The van der Waals surface area contributed by atoms with Crippen molar-refractivity contribution in [1.82, 2.24) is 0 Å². The molecule has 1 saturated heterocycles. The monoisotopic (exact) mass is 281 g/mol. The highest BCUT2D eigenvalue weighted by atomic mass is 16.1. The molecule has 2 aromatic rings. The van der Waals surface area contributed by atoms with Crippen molar-refractivity contribution in [2.24, 2.45) is 0 Å². The number of hydrogen-bond donors (Lipinski definition) is 1. The number of nitrogens with zero attached hydrogens (tertiary/aromatic N) is 2. The number of amides is 1. The first-order valence-corrected chi connectivity index (χ1v) is 7.22. The van der Waals surface area contributed by atoms with Crippen LogP contribution in [0.1, 0.15) is 0 Å². The molecule has 1 fully saturated rings. The van der Waals surface area contributed by atoms with Crippen LogP contribution in [-0.2, 0) is 4.79 Å². The van der Waals surface area contributed by atoms with Gasteiger partial charge in [-0.1, -0.05) is 18.2 Å². The lowest BCUT2D eigenvalue weighted by Gasteiger charge is -2.37. The maximum atomic E-state index is 10.4. The van der Waals surface area contributed by atoms with Crippen molar-refractivity contribution < 1.29 is 4.79 Å². The van der Waals surface area contributed by atoms with Gasteiger partial charge >= 0.3 is 0 Å². The van der Waals surface area contributed by atoms with E-state index in [4.69, 9.17) is 0 Å². The lowest BCUT2D eigenvalue weighted by Crippen LogP contribution is -2.46. The van der Waals surface area contributed by atoms with Crippen LogP contribution >= 0.6 is 0 Å². The van der Waals surface area contributed by atoms with E-state index in [0.29, 0.717) is 6.41 Å². The van der Waals surface area contributed by atoms with Crippen LogP contribution < -0.4 is 15.1 Å². The number of benzene rings is 2. The zero-order chi connectivity index (χ0) is 14.5. The summed E-state index contributed by atoms with van der Waals surface area (Å²) >= 11 is 0. The summed E-state index contributed by atoms with van der Waals surface area (Å²) in [5, 5.41) is 2.66. The smallest absolute Gasteiger partial charge is 0.211 e. The Hall–Kier alpha value is -2.49. The first-order chi connectivity index (χ1) is 10.4. The summed E-state index contributed by atoms with van der Waals surface area (Å²) in [6, 6.07) is 18.5. The molecule has 0 bridgehead atoms. The van der Waals surface area contributed by atoms with E-state index >= 15 is 0 Å². The average Bonchev–Trinajstić information content (AvgIpc) is 2.57. The van der Waals surface area contributed by atoms with Gasteiger partial charge in [-0.25, -0.2) is 0 Å². The highest BCUT2D eigenvalue weighted by Crippen LogP contribution is 2.21. The highest BCUT2D eigenvalue weighted by Gasteiger charge is 2.17. The molecule has 1 N–H and O–H groups in total. The Balaban J connectivity index is 1.61. The van der Waals surface area contributed by atoms with Crippen molar-refractivity contribution in [2.45, 2.75) is 0 Å². The zero-order valence-electron chi connectivity index (χ0n) is 11.9. The third-order valence-corrected chi connectivity index (χ3v) is 3.86. The molecule has 0 saturated carbocycles. The van der Waals surface area contributed by atoms with Crippen LogP contribution in [0.3, 0.4) is 0 Å². The van der Waals surface area contributed by atoms with Crippen LogP contribution in [0.5, 0.6) is 0 Å². The molecule has 4 heteroatoms. The van der Waals surface area contributed by atoms with Crippen LogP contribution in [0, 0.1) is 0 Å². The molecule has 0 aromatic heterocycles. The second-order valence-corrected chi connectivity index (χ2v) is 5.12. The third-order valence-electron chi connectivity index (χ3n) is 3.86. The molecule has 3 rings (SSSR count). The van der Waals surface area contributed by atoms with Crippen molar-refractivity contribution in [1.29, 1.82) is 0 Å². The van der Waals surface area contributed by atoms with E-state index < -0.39 is 0 Å². The van der Waals surface area contributed by atoms with Gasteiger partial charge in [-0.2, -0.15) is 0 Å². The highest BCUT2D eigenvalue weighted by molar-refractivity contribution is 5.72. The standard InChI is InChI=1S/C17H19N3O/c21-14-18-15-6-8-17(9-7-15)20-12-10-19(11-13-20)16-4-2-1-3-5-16/h1-9,14H,10-13H2,(H,18,21). The Morgan fingerprint density at radius 1 is 0.762 bits per heavy atom. The Labute approximate surface area is 125 Å². The molecule has 4 nitrogen and oxygen atoms in total. The molecule has 108 valence electrons. The molecule has 0 unspecified atom stereocenters. The Morgan fingerprint density at radius 2 is 1.29 bits per heavy atom. The Kier molecular flexibility index (Phi) is 4.05. The maximum Gasteiger partial charge on any atom is 0.211 e. The summed E-state index contributed by atoms with van der Waals surface area (Å²) < 4.78 is 0. The van der Waals surface area contributed by atoms with Gasteiger partial charge in [-0.3, -0.25) is 4.79 Å². The van der Waals surface area contributed by atoms with Crippen molar-refractivity contribution >= 4 is 23.5 Å². The molecule has 21 heavy (non-hydrogen) atoms. The van der Waals surface area contributed by atoms with Crippen molar-refractivity contribution in [3.8, 4) is 0 Å². The number of carbonyl (C=O) groups excluding carboxylic acids is 1. The van der Waals surface area contributed by atoms with Crippen molar-refractivity contribution in [3.05, 3.63) is 54.6 Å². The molecular weight excluding hydrogens is 262 g/mol. The molecule has 1 aliphatic heterocycles. The van der Waals surface area contributed by atoms with E-state index in [-0.39, 0.29) is 0 Å². The van der Waals surface area contributed by atoms with Crippen LogP contribution in [0.4, 0.5) is 17.1 Å². The fourth-order valence-corrected chi connectivity index (χ4v) is 2.70. The quantitative estimate of drug-likeness (QED) is 0.875. The minimum Gasteiger partial charge on any atom is -0.368 e. The van der Waals surface area contributed by atoms with Crippen LogP contribution in [0.25, 0.3) is 0 Å². The second kappa shape index (κ2) is 6.31. The van der Waals surface area contributed by atoms with Crippen molar-refractivity contribution in [2.75, 3.05) is 41.3 Å². The molecule has 1 heterocycles. The summed E-state index contributed by atoms with van der Waals surface area (Å²) in [6.07, 6.45) is 0.702. The van der Waals surface area contributed by atoms with Crippen molar-refractivity contribution in [3.63, 3.8) is 0 Å². The topological polar surface area (TPSA) is 35.6 Å². The molecule has 0 aliphatic carbocycles. The van der Waals surface area contributed by atoms with Crippen LogP contribution in [0.2, 0.25) is 0 Å². The normalized spacial score (nSPS) is 14.9. The van der Waals surface area contributed by atoms with Crippen LogP contribution in [0.15, 0.2) is 54.6 Å². The summed E-state index contributed by atoms with van der Waals surface area (Å²) in [6.45, 7) is 4.07. The van der Waals surface area contributed by atoms with Gasteiger partial charge in [0.2, 0.25) is 6.41 Å². The molecule has 2 aromatic carbocycles. The number of anilines is 3. The van der Waals surface area contributed by atoms with Gasteiger partial charge in [0.05, 0.1) is 0 Å². The van der Waals surface area contributed by atoms with Gasteiger partial charge < -0.3 is 15.1 Å². The van der Waals surface area contributed by atoms with Gasteiger partial charge in [0, 0.05) is 43.2 Å². The number of hydrogen-bond acceptors (Lipinski definition) is 3. The molecular formula is C17H19N3O. The van der Waals surface area contributed by atoms with Gasteiger partial charge in [0.15, 0.2) is 0 Å². The van der Waals surface area contributed by atoms with E-state index in [0.717, 1.165) is 31.9 Å². The summed E-state index contributed by atoms with van der Waals surface area (Å²) in [5.74, 6) is 0. The van der Waals surface area contributed by atoms with Crippen LogP contribution in [-0.4, -0.2) is 32.6 Å². The molecule has 0 radical (unpaired) electrons. The van der Waals surface area contributed by atoms with Gasteiger partial charge in [-0.15, -0.1) is 0 Å². The fourth-order valence-electron chi connectivity index (χ4n) is 2.70. The van der Waals surface area contributed by atoms with E-state index in [1.807, 2.05) is 12.1 Å². The zero-order valence-corrected chi connectivity index (χ0v) is 11.9. The predicted octanol–water partition coefficient (Wildman–Crippen LogP) is 2.58. The molecule has 1 aliphatic rings. The minimum absolute atomic E-state index is 0.702. The SMILES string of the molecule is O=CNc1ccc(N2CCN(c3ccccc3)CC2)cc1. The molecule has 0 spiro atoms. The van der Waals surface area contributed by atoms with Gasteiger partial charge in [0.1, 0.15) is 0 Å². The second-order valence-electron chi connectivity index (χ2n) is 5.12. The fraction of sp³-hybridized carbons (Fsp3) is 0.235. The Bertz CT molecular complexity index is 575. The van der Waals surface area contributed by atoms with E-state index in [1.165, 1.54) is 11.4 Å². The van der Waals surface area contributed by atoms with E-state index in [9.17, 15) is 4.79 Å². The lowest BCUT2D eigenvalue weighted by atomic mass is 10.2. The number of piperazine rings is 1. The summed E-state index contributed by atoms with van der Waals surface area (Å²) in [4.78, 5) is 15.2. The van der Waals surface area contributed by atoms with E-state index in [2.05, 4.69) is 57.6 Å². The molecule has 1 amide bonds. The number of carbonyl (C=O) groups is 1. The first kappa shape index (κ1) is 13.5. The predicted molar refractivity (Wildman–Crippen MR) is 87.0 cm³/mol.